The van der Waals surface area contributed by atoms with Gasteiger partial charge in [-0.15, -0.1) is 0 Å². The number of ether oxygens (including phenoxy) is 1. The van der Waals surface area contributed by atoms with Crippen LogP contribution in [0.2, 0.25) is 5.02 Å². The number of nitrogens with one attached hydrogen (secondary N) is 1. The van der Waals surface area contributed by atoms with Crippen LogP contribution in [0.25, 0.3) is 16.7 Å². The monoisotopic (exact) mass is 595 g/mol. The number of hydrogen-bond donors (Lipinski definition) is 1. The van der Waals surface area contributed by atoms with Gasteiger partial charge in [-0.1, -0.05) is 18.2 Å². The Balaban J connectivity index is 1.26. The van der Waals surface area contributed by atoms with E-state index in [4.69, 9.17) is 16.3 Å². The van der Waals surface area contributed by atoms with Gasteiger partial charge in [0.2, 0.25) is 5.91 Å². The van der Waals surface area contributed by atoms with E-state index in [0.717, 1.165) is 17.0 Å². The normalized spacial score (nSPS) is 15.4. The van der Waals surface area contributed by atoms with Gasteiger partial charge in [0.25, 0.3) is 6.43 Å². The van der Waals surface area contributed by atoms with Crippen molar-refractivity contribution in [1.82, 2.24) is 34.4 Å². The number of amides is 1. The lowest BCUT2D eigenvalue weighted by Gasteiger charge is -2.41. The molecule has 1 aliphatic rings. The fourth-order valence-electron chi connectivity index (χ4n) is 4.64. The van der Waals surface area contributed by atoms with Gasteiger partial charge < -0.3 is 19.9 Å². The topological polar surface area (TPSA) is 114 Å². The van der Waals surface area contributed by atoms with Gasteiger partial charge in [0.15, 0.2) is 11.5 Å². The zero-order valence-corrected chi connectivity index (χ0v) is 22.4. The summed E-state index contributed by atoms with van der Waals surface area (Å²) in [6, 6.07) is 7.73. The van der Waals surface area contributed by atoms with Crippen LogP contribution in [0.3, 0.4) is 0 Å². The maximum absolute atomic E-state index is 15.2. The molecule has 6 rings (SSSR count). The molecule has 0 bridgehead atoms. The lowest BCUT2D eigenvalue weighted by atomic mass is 10.1. The number of hydrogen-bond acceptors (Lipinski definition) is 9. The van der Waals surface area contributed by atoms with E-state index in [-0.39, 0.29) is 47.4 Å². The molecule has 1 atom stereocenters. The third kappa shape index (κ3) is 5.23. The highest BCUT2D eigenvalue weighted by atomic mass is 35.5. The van der Waals surface area contributed by atoms with Crippen molar-refractivity contribution in [2.24, 2.45) is 0 Å². The van der Waals surface area contributed by atoms with Crippen LogP contribution in [0.1, 0.15) is 0 Å². The molecule has 0 aliphatic carbocycles. The predicted molar refractivity (Wildman–Crippen MR) is 149 cm³/mol. The van der Waals surface area contributed by atoms with Crippen molar-refractivity contribution >= 4 is 51.5 Å². The van der Waals surface area contributed by atoms with E-state index in [1.807, 2.05) is 0 Å². The summed E-state index contributed by atoms with van der Waals surface area (Å²) in [6.45, 7) is 3.60. The third-order valence-corrected chi connectivity index (χ3v) is 7.01. The maximum Gasteiger partial charge on any atom is 0.260 e. The number of anilines is 3. The molecule has 42 heavy (non-hydrogen) atoms. The van der Waals surface area contributed by atoms with E-state index < -0.39 is 24.2 Å². The van der Waals surface area contributed by atoms with E-state index >= 15 is 4.39 Å². The van der Waals surface area contributed by atoms with Crippen LogP contribution in [0.4, 0.5) is 30.5 Å². The summed E-state index contributed by atoms with van der Waals surface area (Å²) in [4.78, 5) is 32.0. The summed E-state index contributed by atoms with van der Waals surface area (Å²) in [7, 11) is 0. The van der Waals surface area contributed by atoms with Crippen LogP contribution >= 0.6 is 11.6 Å². The zero-order chi connectivity index (χ0) is 29.4. The number of halogens is 4. The molecule has 5 heterocycles. The molecule has 1 unspecified atom stereocenters. The Labute approximate surface area is 241 Å². The Morgan fingerprint density at radius 3 is 2.81 bits per heavy atom. The summed E-state index contributed by atoms with van der Waals surface area (Å²) in [5.74, 6) is -0.209. The van der Waals surface area contributed by atoms with Gasteiger partial charge in [0, 0.05) is 38.0 Å². The lowest BCUT2D eigenvalue weighted by Crippen LogP contribution is -2.57. The summed E-state index contributed by atoms with van der Waals surface area (Å²) in [6.07, 6.45) is 2.59. The average Bonchev–Trinajstić information content (AvgIpc) is 3.47. The van der Waals surface area contributed by atoms with Crippen molar-refractivity contribution in [2.45, 2.75) is 12.5 Å². The number of carbonyl (C=O) groups excluding carboxylic acids is 1. The molecule has 1 fully saturated rings. The van der Waals surface area contributed by atoms with Crippen LogP contribution in [0, 0.1) is 5.82 Å². The number of alkyl halides is 2. The molecule has 0 radical (unpaired) electrons. The van der Waals surface area contributed by atoms with Gasteiger partial charge in [0.05, 0.1) is 16.2 Å². The molecule has 1 N–H and O–H groups in total. The molecule has 5 aromatic rings. The molecule has 1 amide bonds. The van der Waals surface area contributed by atoms with Crippen LogP contribution in [-0.4, -0.2) is 72.5 Å². The Bertz CT molecular complexity index is 1820. The Morgan fingerprint density at radius 1 is 1.14 bits per heavy atom. The van der Waals surface area contributed by atoms with Gasteiger partial charge in [-0.25, -0.2) is 37.6 Å². The van der Waals surface area contributed by atoms with Gasteiger partial charge >= 0.3 is 0 Å². The van der Waals surface area contributed by atoms with Crippen molar-refractivity contribution in [3.05, 3.63) is 78.7 Å². The Kier molecular flexibility index (Phi) is 7.20. The first kappa shape index (κ1) is 27.2. The first-order valence-electron chi connectivity index (χ1n) is 12.6. The number of carbonyl (C=O) groups is 1. The molecule has 11 nitrogen and oxygen atoms in total. The minimum Gasteiger partial charge on any atom is -0.455 e. The second-order valence-corrected chi connectivity index (χ2v) is 9.67. The number of piperazine rings is 1. The second-order valence-electron chi connectivity index (χ2n) is 9.26. The van der Waals surface area contributed by atoms with E-state index in [1.54, 1.807) is 39.9 Å². The molecule has 4 aromatic heterocycles. The van der Waals surface area contributed by atoms with Crippen LogP contribution in [-0.2, 0) is 4.79 Å². The fourth-order valence-corrected chi connectivity index (χ4v) is 4.84. The van der Waals surface area contributed by atoms with Gasteiger partial charge in [0.1, 0.15) is 47.3 Å². The Hall–Kier alpha value is -4.98. The SMILES string of the molecule is C=CC(=O)N1CCN(c2ccc3ncnc(Nc4cc(Cl)c(Oc5ccn6ncnc6c5)cc4F)c3n2)CC1C(F)F. The molecular formula is C27H21ClF3N9O2. The van der Waals surface area contributed by atoms with Gasteiger partial charge in [-0.05, 0) is 30.3 Å². The van der Waals surface area contributed by atoms with E-state index in [9.17, 15) is 13.6 Å². The van der Waals surface area contributed by atoms with E-state index in [2.05, 4.69) is 36.9 Å². The first-order valence-corrected chi connectivity index (χ1v) is 13.0. The van der Waals surface area contributed by atoms with Crippen molar-refractivity contribution in [1.29, 1.82) is 0 Å². The van der Waals surface area contributed by atoms with Crippen LogP contribution in [0.15, 0.2) is 67.9 Å². The summed E-state index contributed by atoms with van der Waals surface area (Å²) < 4.78 is 50.2. The van der Waals surface area contributed by atoms with Gasteiger partial charge in [-0.3, -0.25) is 4.79 Å². The molecule has 214 valence electrons. The highest BCUT2D eigenvalue weighted by Crippen LogP contribution is 2.35. The molecule has 0 saturated carbocycles. The number of benzene rings is 1. The quantitative estimate of drug-likeness (QED) is 0.263. The zero-order valence-electron chi connectivity index (χ0n) is 21.7. The number of aromatic nitrogens is 6. The second kappa shape index (κ2) is 11.1. The predicted octanol–water partition coefficient (Wildman–Crippen LogP) is 4.86. The number of fused-ring (bicyclic) bond motifs is 2. The summed E-state index contributed by atoms with van der Waals surface area (Å²) in [5, 5.41) is 7.04. The number of rotatable bonds is 7. The summed E-state index contributed by atoms with van der Waals surface area (Å²) >= 11 is 6.43. The van der Waals surface area contributed by atoms with Crippen molar-refractivity contribution in [3.8, 4) is 11.5 Å². The average molecular weight is 596 g/mol. The molecule has 1 aliphatic heterocycles. The van der Waals surface area contributed by atoms with Gasteiger partial charge in [-0.2, -0.15) is 5.10 Å². The minimum atomic E-state index is -2.76. The van der Waals surface area contributed by atoms with Crippen molar-refractivity contribution < 1.29 is 22.7 Å². The molecule has 1 saturated heterocycles. The van der Waals surface area contributed by atoms with Crippen LogP contribution < -0.4 is 15.0 Å². The smallest absolute Gasteiger partial charge is 0.260 e. The standard InChI is InChI=1S/C27H21ClF3N9O2/c1-2-24(41)39-8-7-38(12-20(39)26(30)31)22-4-3-18-25(37-22)27(34-13-32-18)36-19-10-16(28)21(11-17(19)29)42-15-5-6-40-23(9-15)33-14-35-40/h2-6,9-11,13-14,20,26H,1,7-8,12H2,(H,32,34,36). The fraction of sp³-hybridized carbons (Fsp3) is 0.185. The maximum atomic E-state index is 15.2. The summed E-state index contributed by atoms with van der Waals surface area (Å²) in [5.41, 5.74) is 1.27. The highest BCUT2D eigenvalue weighted by molar-refractivity contribution is 6.32. The lowest BCUT2D eigenvalue weighted by molar-refractivity contribution is -0.132. The molecule has 1 aromatic carbocycles. The van der Waals surface area contributed by atoms with Crippen LogP contribution in [0.5, 0.6) is 11.5 Å². The minimum absolute atomic E-state index is 0.00165. The molecule has 0 spiro atoms. The molecular weight excluding hydrogens is 575 g/mol. The molecule has 15 heteroatoms. The van der Waals surface area contributed by atoms with Crippen molar-refractivity contribution in [2.75, 3.05) is 29.9 Å². The first-order chi connectivity index (χ1) is 20.3. The number of pyridine rings is 2. The third-order valence-electron chi connectivity index (χ3n) is 6.71. The van der Waals surface area contributed by atoms with E-state index in [1.165, 1.54) is 18.7 Å². The van der Waals surface area contributed by atoms with E-state index in [0.29, 0.717) is 22.7 Å². The van der Waals surface area contributed by atoms with Crippen molar-refractivity contribution in [3.63, 3.8) is 0 Å². The highest BCUT2D eigenvalue weighted by Gasteiger charge is 2.36. The number of nitrogens with zero attached hydrogens (tertiary/aromatic N) is 8. The largest absolute Gasteiger partial charge is 0.455 e. The Morgan fingerprint density at radius 2 is 2.00 bits per heavy atom.